The highest BCUT2D eigenvalue weighted by molar-refractivity contribution is 9.10. The molecule has 1 rings (SSSR count). The predicted molar refractivity (Wildman–Crippen MR) is 80.7 cm³/mol. The second kappa shape index (κ2) is 8.16. The highest BCUT2D eigenvalue weighted by atomic mass is 79.9. The van der Waals surface area contributed by atoms with E-state index < -0.39 is 0 Å². The molecule has 0 aliphatic heterocycles. The van der Waals surface area contributed by atoms with Gasteiger partial charge in [0, 0.05) is 10.4 Å². The number of alkyl halides is 1. The number of hydrogen-bond acceptors (Lipinski definition) is 0. The van der Waals surface area contributed by atoms with Crippen LogP contribution in [0.15, 0.2) is 28.7 Å². The van der Waals surface area contributed by atoms with Gasteiger partial charge >= 0.3 is 0 Å². The summed E-state index contributed by atoms with van der Waals surface area (Å²) in [5.41, 5.74) is 1.39. The topological polar surface area (TPSA) is 0 Å². The average Bonchev–Trinajstić information content (AvgIpc) is 2.30. The Balaban J connectivity index is 2.38. The predicted octanol–water partition coefficient (Wildman–Crippen LogP) is 5.67. The SMILES string of the molecule is CC(C)CCCC(CCl)Cc1ccc(Br)cc1. The van der Waals surface area contributed by atoms with Gasteiger partial charge < -0.3 is 0 Å². The van der Waals surface area contributed by atoms with E-state index in [0.717, 1.165) is 22.7 Å². The Labute approximate surface area is 119 Å². The van der Waals surface area contributed by atoms with Crippen molar-refractivity contribution in [2.45, 2.75) is 39.5 Å². The summed E-state index contributed by atoms with van der Waals surface area (Å²) in [5, 5.41) is 0. The molecule has 0 fully saturated rings. The van der Waals surface area contributed by atoms with E-state index in [1.165, 1.54) is 24.8 Å². The van der Waals surface area contributed by atoms with Crippen molar-refractivity contribution in [2.75, 3.05) is 5.88 Å². The third-order valence-electron chi connectivity index (χ3n) is 3.05. The molecule has 1 unspecified atom stereocenters. The van der Waals surface area contributed by atoms with Gasteiger partial charge in [0.15, 0.2) is 0 Å². The number of rotatable bonds is 7. The van der Waals surface area contributed by atoms with Crippen LogP contribution in [-0.2, 0) is 6.42 Å². The van der Waals surface area contributed by atoms with Crippen molar-refractivity contribution in [3.8, 4) is 0 Å². The van der Waals surface area contributed by atoms with Gasteiger partial charge in [-0.1, -0.05) is 54.8 Å². The zero-order valence-electron chi connectivity index (χ0n) is 10.8. The quantitative estimate of drug-likeness (QED) is 0.568. The lowest BCUT2D eigenvalue weighted by atomic mass is 9.94. The first-order chi connectivity index (χ1) is 8.11. The van der Waals surface area contributed by atoms with Gasteiger partial charge in [-0.25, -0.2) is 0 Å². The summed E-state index contributed by atoms with van der Waals surface area (Å²) in [6.45, 7) is 4.56. The van der Waals surface area contributed by atoms with E-state index in [2.05, 4.69) is 54.0 Å². The van der Waals surface area contributed by atoms with E-state index in [9.17, 15) is 0 Å². The molecule has 0 spiro atoms. The Kier molecular flexibility index (Phi) is 7.22. The van der Waals surface area contributed by atoms with Gasteiger partial charge in [-0.2, -0.15) is 0 Å². The Morgan fingerprint density at radius 1 is 1.12 bits per heavy atom. The van der Waals surface area contributed by atoms with Crippen LogP contribution >= 0.6 is 27.5 Å². The van der Waals surface area contributed by atoms with E-state index in [-0.39, 0.29) is 0 Å². The van der Waals surface area contributed by atoms with Crippen molar-refractivity contribution in [1.82, 2.24) is 0 Å². The molecule has 0 saturated heterocycles. The maximum atomic E-state index is 6.05. The van der Waals surface area contributed by atoms with Crippen molar-refractivity contribution >= 4 is 27.5 Å². The molecule has 2 heteroatoms. The van der Waals surface area contributed by atoms with Gasteiger partial charge in [-0.05, 0) is 42.4 Å². The van der Waals surface area contributed by atoms with Crippen LogP contribution in [0.25, 0.3) is 0 Å². The summed E-state index contributed by atoms with van der Waals surface area (Å²) >= 11 is 9.52. The maximum absolute atomic E-state index is 6.05. The van der Waals surface area contributed by atoms with Gasteiger partial charge in [0.1, 0.15) is 0 Å². The van der Waals surface area contributed by atoms with Crippen molar-refractivity contribution < 1.29 is 0 Å². The monoisotopic (exact) mass is 316 g/mol. The van der Waals surface area contributed by atoms with Crippen molar-refractivity contribution in [2.24, 2.45) is 11.8 Å². The molecule has 0 amide bonds. The Morgan fingerprint density at radius 2 is 1.76 bits per heavy atom. The van der Waals surface area contributed by atoms with Crippen LogP contribution in [0, 0.1) is 11.8 Å². The largest absolute Gasteiger partial charge is 0.126 e. The summed E-state index contributed by atoms with van der Waals surface area (Å²) in [6.07, 6.45) is 4.96. The molecule has 1 aromatic rings. The first-order valence-corrected chi connectivity index (χ1v) is 7.75. The molecule has 0 bridgehead atoms. The fourth-order valence-electron chi connectivity index (χ4n) is 2.00. The van der Waals surface area contributed by atoms with E-state index in [1.54, 1.807) is 0 Å². The van der Waals surface area contributed by atoms with Crippen LogP contribution in [0.1, 0.15) is 38.7 Å². The van der Waals surface area contributed by atoms with E-state index in [1.807, 2.05) is 0 Å². The molecule has 1 atom stereocenters. The van der Waals surface area contributed by atoms with Crippen LogP contribution in [-0.4, -0.2) is 5.88 Å². The second-order valence-electron chi connectivity index (χ2n) is 5.18. The number of halogens is 2. The van der Waals surface area contributed by atoms with Crippen LogP contribution in [0.2, 0.25) is 0 Å². The molecule has 0 saturated carbocycles. The highest BCUT2D eigenvalue weighted by Crippen LogP contribution is 2.20. The lowest BCUT2D eigenvalue weighted by molar-refractivity contribution is 0.459. The summed E-state index contributed by atoms with van der Waals surface area (Å²) in [6, 6.07) is 8.58. The second-order valence-corrected chi connectivity index (χ2v) is 6.40. The van der Waals surface area contributed by atoms with E-state index in [0.29, 0.717) is 5.92 Å². The molecule has 0 N–H and O–H groups in total. The maximum Gasteiger partial charge on any atom is 0.0254 e. The molecule has 0 aliphatic carbocycles. The van der Waals surface area contributed by atoms with E-state index in [4.69, 9.17) is 11.6 Å². The summed E-state index contributed by atoms with van der Waals surface area (Å²) in [5.74, 6) is 2.20. The zero-order valence-corrected chi connectivity index (χ0v) is 13.1. The average molecular weight is 318 g/mol. The first-order valence-electron chi connectivity index (χ1n) is 6.42. The Morgan fingerprint density at radius 3 is 2.29 bits per heavy atom. The first kappa shape index (κ1) is 15.0. The smallest absolute Gasteiger partial charge is 0.0254 e. The minimum absolute atomic E-state index is 0.622. The van der Waals surface area contributed by atoms with Crippen LogP contribution in [0.3, 0.4) is 0 Å². The molecule has 0 radical (unpaired) electrons. The summed E-state index contributed by atoms with van der Waals surface area (Å²) < 4.78 is 1.14. The molecule has 96 valence electrons. The lowest BCUT2D eigenvalue weighted by Crippen LogP contribution is -2.07. The molecule has 0 heterocycles. The third-order valence-corrected chi connectivity index (χ3v) is 4.01. The standard InChI is InChI=1S/C15H22BrCl/c1-12(2)4-3-5-14(11-17)10-13-6-8-15(16)9-7-13/h6-9,12,14H,3-5,10-11H2,1-2H3. The number of hydrogen-bond donors (Lipinski definition) is 0. The molecule has 0 aliphatic rings. The van der Waals surface area contributed by atoms with Crippen LogP contribution < -0.4 is 0 Å². The van der Waals surface area contributed by atoms with Gasteiger partial charge in [0.05, 0.1) is 0 Å². The van der Waals surface area contributed by atoms with Crippen LogP contribution in [0.5, 0.6) is 0 Å². The zero-order chi connectivity index (χ0) is 12.7. The fraction of sp³-hybridized carbons (Fsp3) is 0.600. The Hall–Kier alpha value is -0.0100. The number of benzene rings is 1. The Bertz CT molecular complexity index is 305. The molecular formula is C15H22BrCl. The van der Waals surface area contributed by atoms with Gasteiger partial charge in [-0.3, -0.25) is 0 Å². The molecule has 0 nitrogen and oxygen atoms in total. The molecule has 0 aromatic heterocycles. The third kappa shape index (κ3) is 6.47. The normalized spacial score (nSPS) is 13.0. The van der Waals surface area contributed by atoms with Gasteiger partial charge in [0.2, 0.25) is 0 Å². The summed E-state index contributed by atoms with van der Waals surface area (Å²) in [4.78, 5) is 0. The highest BCUT2D eigenvalue weighted by Gasteiger charge is 2.09. The van der Waals surface area contributed by atoms with Crippen molar-refractivity contribution in [3.63, 3.8) is 0 Å². The van der Waals surface area contributed by atoms with Gasteiger partial charge in [-0.15, -0.1) is 11.6 Å². The van der Waals surface area contributed by atoms with E-state index >= 15 is 0 Å². The molecular weight excluding hydrogens is 296 g/mol. The fourth-order valence-corrected chi connectivity index (χ4v) is 2.53. The summed E-state index contributed by atoms with van der Waals surface area (Å²) in [7, 11) is 0. The minimum atomic E-state index is 0.622. The molecule has 17 heavy (non-hydrogen) atoms. The van der Waals surface area contributed by atoms with Crippen LogP contribution in [0.4, 0.5) is 0 Å². The van der Waals surface area contributed by atoms with Crippen molar-refractivity contribution in [3.05, 3.63) is 34.3 Å². The molecule has 1 aromatic carbocycles. The lowest BCUT2D eigenvalue weighted by Gasteiger charge is -2.14. The minimum Gasteiger partial charge on any atom is -0.126 e. The van der Waals surface area contributed by atoms with Crippen molar-refractivity contribution in [1.29, 1.82) is 0 Å². The van der Waals surface area contributed by atoms with Gasteiger partial charge in [0.25, 0.3) is 0 Å².